The van der Waals surface area contributed by atoms with Crippen molar-refractivity contribution in [3.05, 3.63) is 74.8 Å². The van der Waals surface area contributed by atoms with Crippen molar-refractivity contribution in [1.29, 1.82) is 0 Å². The third kappa shape index (κ3) is 7.18. The highest BCUT2D eigenvalue weighted by molar-refractivity contribution is 5.83. The quantitative estimate of drug-likeness (QED) is 0.245. The molecule has 0 aliphatic carbocycles. The van der Waals surface area contributed by atoms with E-state index in [-0.39, 0.29) is 22.2 Å². The van der Waals surface area contributed by atoms with Crippen LogP contribution in [-0.4, -0.2) is 29.7 Å². The molecular weight excluding hydrogens is 532 g/mol. The number of nitrogen functional groups attached to an aromatic ring is 1. The lowest BCUT2D eigenvalue weighted by Gasteiger charge is -2.09. The molecule has 0 amide bonds. The molecule has 39 heavy (non-hydrogen) atoms. The van der Waals surface area contributed by atoms with E-state index >= 15 is 0 Å². The van der Waals surface area contributed by atoms with E-state index in [1.165, 1.54) is 17.0 Å². The number of nitrogens with one attached hydrogen (secondary N) is 1. The first-order valence-corrected chi connectivity index (χ1v) is 11.6. The van der Waals surface area contributed by atoms with Crippen LogP contribution in [0.2, 0.25) is 0 Å². The molecule has 3 aromatic heterocycles. The van der Waals surface area contributed by atoms with E-state index in [1.807, 2.05) is 0 Å². The molecule has 0 atom stereocenters. The van der Waals surface area contributed by atoms with Gasteiger partial charge >= 0.3 is 6.18 Å². The van der Waals surface area contributed by atoms with Gasteiger partial charge in [-0.2, -0.15) is 18.3 Å². The van der Waals surface area contributed by atoms with Gasteiger partial charge in [0.05, 0.1) is 47.2 Å². The number of aromatic amines is 1. The molecule has 4 rings (SSSR count). The summed E-state index contributed by atoms with van der Waals surface area (Å²) in [6.07, 6.45) is 0.764. The zero-order valence-corrected chi connectivity index (χ0v) is 20.5. The highest BCUT2D eigenvalue weighted by Gasteiger charge is 2.36. The van der Waals surface area contributed by atoms with Crippen LogP contribution in [0, 0.1) is 5.82 Å². The summed E-state index contributed by atoms with van der Waals surface area (Å²) in [5, 5.41) is 4.91. The Morgan fingerprint density at radius 3 is 2.33 bits per heavy atom. The number of hydrogen-bond donors (Lipinski definition) is 2. The van der Waals surface area contributed by atoms with Crippen molar-refractivity contribution in [3.63, 3.8) is 0 Å². The van der Waals surface area contributed by atoms with Crippen LogP contribution < -0.4 is 16.9 Å². The van der Waals surface area contributed by atoms with Gasteiger partial charge in [-0.3, -0.25) is 24.1 Å². The lowest BCUT2D eigenvalue weighted by atomic mass is 10.1. The topological polar surface area (TPSA) is 132 Å². The fourth-order valence-corrected chi connectivity index (χ4v) is 3.54. The fraction of sp³-hybridized carbons (Fsp3) is 0.333. The predicted molar refractivity (Wildman–Crippen MR) is 130 cm³/mol. The van der Waals surface area contributed by atoms with Gasteiger partial charge in [0.15, 0.2) is 0 Å². The summed E-state index contributed by atoms with van der Waals surface area (Å²) >= 11 is 0. The first kappa shape index (κ1) is 29.3. The molecule has 4 aromatic rings. The second kappa shape index (κ2) is 12.5. The number of rotatable bonds is 7. The molecule has 0 saturated heterocycles. The van der Waals surface area contributed by atoms with E-state index in [0.29, 0.717) is 12.1 Å². The number of aromatic nitrogens is 6. The maximum atomic E-state index is 14.5. The molecule has 1 aromatic carbocycles. The third-order valence-electron chi connectivity index (χ3n) is 5.51. The van der Waals surface area contributed by atoms with Gasteiger partial charge in [0.1, 0.15) is 17.1 Å². The number of nitrogens with zero attached hydrogens (tertiary/aromatic N) is 5. The van der Waals surface area contributed by atoms with Crippen molar-refractivity contribution in [2.24, 2.45) is 0 Å². The summed E-state index contributed by atoms with van der Waals surface area (Å²) in [7, 11) is 0. The maximum Gasteiger partial charge on any atom is 0.423 e. The highest BCUT2D eigenvalue weighted by atomic mass is 19.4. The Hall–Kier alpha value is -4.30. The standard InChI is InChI=1S/C19H19F3N4O.C5H4F3N3O/c1-2-3-4-5-6-26-11-25-15-8-12(14(20)7-13(15)19(26)27)16-9-24-17(10-23-16)18(21)22;6-5(7,8)3-2(9)1-10-11-4(3)12/h7-11,18H,2-6H2,1H3;1H,(H3,9,11,12). The van der Waals surface area contributed by atoms with E-state index in [2.05, 4.69) is 27.0 Å². The molecule has 9 nitrogen and oxygen atoms in total. The number of aryl methyl sites for hydroxylation is 1. The number of benzene rings is 1. The second-order valence-corrected chi connectivity index (χ2v) is 8.31. The molecule has 0 unspecified atom stereocenters. The predicted octanol–water partition coefficient (Wildman–Crippen LogP) is 4.88. The normalized spacial score (nSPS) is 11.5. The maximum absolute atomic E-state index is 14.5. The van der Waals surface area contributed by atoms with Crippen molar-refractivity contribution in [3.8, 4) is 11.3 Å². The van der Waals surface area contributed by atoms with Crippen molar-refractivity contribution in [1.82, 2.24) is 29.7 Å². The number of anilines is 1. The van der Waals surface area contributed by atoms with E-state index in [4.69, 9.17) is 5.73 Å². The second-order valence-electron chi connectivity index (χ2n) is 8.31. The van der Waals surface area contributed by atoms with Gasteiger partial charge in [-0.05, 0) is 18.6 Å². The van der Waals surface area contributed by atoms with Crippen LogP contribution in [-0.2, 0) is 12.7 Å². The van der Waals surface area contributed by atoms with Gasteiger partial charge in [-0.1, -0.05) is 26.2 Å². The van der Waals surface area contributed by atoms with Crippen molar-refractivity contribution < 1.29 is 26.3 Å². The van der Waals surface area contributed by atoms with Gasteiger partial charge in [0.2, 0.25) is 0 Å². The lowest BCUT2D eigenvalue weighted by molar-refractivity contribution is -0.138. The van der Waals surface area contributed by atoms with Crippen LogP contribution in [0.15, 0.2) is 46.6 Å². The molecule has 15 heteroatoms. The Morgan fingerprint density at radius 1 is 1.03 bits per heavy atom. The average molecular weight is 555 g/mol. The molecule has 0 saturated carbocycles. The first-order chi connectivity index (χ1) is 18.4. The number of halogens is 6. The van der Waals surface area contributed by atoms with Gasteiger partial charge in [-0.25, -0.2) is 23.3 Å². The molecule has 0 spiro atoms. The fourth-order valence-electron chi connectivity index (χ4n) is 3.54. The molecule has 0 bridgehead atoms. The summed E-state index contributed by atoms with van der Waals surface area (Å²) in [6.45, 7) is 2.64. The van der Waals surface area contributed by atoms with Gasteiger partial charge in [0, 0.05) is 12.1 Å². The largest absolute Gasteiger partial charge is 0.423 e. The van der Waals surface area contributed by atoms with E-state index in [9.17, 15) is 35.9 Å². The number of hydrogen-bond acceptors (Lipinski definition) is 7. The van der Waals surface area contributed by atoms with Gasteiger partial charge < -0.3 is 5.73 Å². The monoisotopic (exact) mass is 555 g/mol. The zero-order chi connectivity index (χ0) is 28.7. The Balaban J connectivity index is 0.000000293. The van der Waals surface area contributed by atoms with E-state index in [1.54, 1.807) is 5.10 Å². The lowest BCUT2D eigenvalue weighted by Crippen LogP contribution is -2.24. The summed E-state index contributed by atoms with van der Waals surface area (Å²) in [6, 6.07) is 2.50. The molecular formula is C24H23F6N7O2. The minimum atomic E-state index is -4.74. The van der Waals surface area contributed by atoms with Crippen molar-refractivity contribution in [2.45, 2.75) is 51.8 Å². The molecule has 0 aliphatic heterocycles. The Kier molecular flexibility index (Phi) is 9.37. The molecule has 3 N–H and O–H groups in total. The molecule has 0 radical (unpaired) electrons. The summed E-state index contributed by atoms with van der Waals surface area (Å²) < 4.78 is 77.1. The smallest absolute Gasteiger partial charge is 0.397 e. The molecule has 0 fully saturated rings. The van der Waals surface area contributed by atoms with Gasteiger partial charge in [0.25, 0.3) is 17.5 Å². The average Bonchev–Trinajstić information content (AvgIpc) is 2.87. The van der Waals surface area contributed by atoms with Crippen LogP contribution in [0.4, 0.5) is 32.0 Å². The molecule has 0 aliphatic rings. The number of alkyl halides is 5. The SMILES string of the molecule is CCCCCCn1cnc2cc(-c3cnc(C(F)F)cn3)c(F)cc2c1=O.Nc1cn[nH]c(=O)c1C(F)(F)F. The summed E-state index contributed by atoms with van der Waals surface area (Å²) in [5.74, 6) is -0.677. The Labute approximate surface area is 216 Å². The molecule has 208 valence electrons. The van der Waals surface area contributed by atoms with Crippen LogP contribution in [0.25, 0.3) is 22.2 Å². The van der Waals surface area contributed by atoms with Crippen LogP contribution in [0.1, 0.15) is 50.3 Å². The number of nitrogens with two attached hydrogens (primary N) is 1. The van der Waals surface area contributed by atoms with E-state index in [0.717, 1.165) is 50.3 Å². The van der Waals surface area contributed by atoms with Crippen molar-refractivity contribution in [2.75, 3.05) is 5.73 Å². The first-order valence-electron chi connectivity index (χ1n) is 11.6. The zero-order valence-electron chi connectivity index (χ0n) is 20.5. The van der Waals surface area contributed by atoms with Crippen LogP contribution >= 0.6 is 0 Å². The van der Waals surface area contributed by atoms with Crippen molar-refractivity contribution >= 4 is 16.6 Å². The highest BCUT2D eigenvalue weighted by Crippen LogP contribution is 2.29. The Morgan fingerprint density at radius 2 is 1.77 bits per heavy atom. The van der Waals surface area contributed by atoms with Crippen LogP contribution in [0.5, 0.6) is 0 Å². The summed E-state index contributed by atoms with van der Waals surface area (Å²) in [5.41, 5.74) is 1.19. The number of fused-ring (bicyclic) bond motifs is 1. The minimum Gasteiger partial charge on any atom is -0.397 e. The van der Waals surface area contributed by atoms with Gasteiger partial charge in [-0.15, -0.1) is 0 Å². The number of H-pyrrole nitrogens is 1. The van der Waals surface area contributed by atoms with Crippen LogP contribution in [0.3, 0.4) is 0 Å². The number of unbranched alkanes of at least 4 members (excludes halogenated alkanes) is 3. The third-order valence-corrected chi connectivity index (χ3v) is 5.51. The van der Waals surface area contributed by atoms with E-state index < -0.39 is 40.9 Å². The minimum absolute atomic E-state index is 0.0587. The summed E-state index contributed by atoms with van der Waals surface area (Å²) in [4.78, 5) is 34.8. The molecule has 3 heterocycles. The Bertz CT molecular complexity index is 1540.